The molecular formula is C10H10O2S. The van der Waals surface area contributed by atoms with E-state index >= 15 is 0 Å². The third-order valence-electron chi connectivity index (χ3n) is 2.81. The first-order chi connectivity index (χ1) is 6.36. The molecule has 3 rings (SSSR count). The van der Waals surface area contributed by atoms with Gasteiger partial charge in [-0.25, -0.2) is 0 Å². The first-order valence-electron chi connectivity index (χ1n) is 4.45. The van der Waals surface area contributed by atoms with Crippen molar-refractivity contribution in [2.75, 3.05) is 0 Å². The highest BCUT2D eigenvalue weighted by atomic mass is 32.2. The summed E-state index contributed by atoms with van der Waals surface area (Å²) in [4.78, 5) is 0.929. The van der Waals surface area contributed by atoms with E-state index in [1.165, 1.54) is 11.1 Å². The number of hydrogen-bond acceptors (Lipinski definition) is 3. The van der Waals surface area contributed by atoms with Crippen LogP contribution in [0.25, 0.3) is 0 Å². The molecule has 0 spiro atoms. The minimum absolute atomic E-state index is 0.464. The van der Waals surface area contributed by atoms with Crippen LogP contribution in [0, 0.1) is 0 Å². The Bertz CT molecular complexity index is 351. The van der Waals surface area contributed by atoms with Gasteiger partial charge in [0.25, 0.3) is 0 Å². The van der Waals surface area contributed by atoms with Crippen LogP contribution >= 0.6 is 12.0 Å². The van der Waals surface area contributed by atoms with E-state index < -0.39 is 0 Å². The lowest BCUT2D eigenvalue weighted by atomic mass is 9.92. The Morgan fingerprint density at radius 1 is 1.23 bits per heavy atom. The molecule has 13 heavy (non-hydrogen) atoms. The van der Waals surface area contributed by atoms with Crippen molar-refractivity contribution in [2.45, 2.75) is 29.9 Å². The summed E-state index contributed by atoms with van der Waals surface area (Å²) in [6.07, 6.45) is 3.02. The topological polar surface area (TPSA) is 32.8 Å². The quantitative estimate of drug-likeness (QED) is 0.549. The van der Waals surface area contributed by atoms with Gasteiger partial charge in [0.2, 0.25) is 0 Å². The summed E-state index contributed by atoms with van der Waals surface area (Å²) in [7, 11) is 0. The molecule has 2 aliphatic rings. The summed E-state index contributed by atoms with van der Waals surface area (Å²) in [6, 6.07) is 6.13. The van der Waals surface area contributed by atoms with Crippen molar-refractivity contribution in [1.29, 1.82) is 0 Å². The SMILES string of the molecule is OSc1ccc2c(c1)CC1OC1C2. The summed E-state index contributed by atoms with van der Waals surface area (Å²) in [5, 5.41) is 0. The van der Waals surface area contributed by atoms with Gasteiger partial charge in [-0.2, -0.15) is 0 Å². The van der Waals surface area contributed by atoms with Crippen LogP contribution in [-0.4, -0.2) is 16.8 Å². The van der Waals surface area contributed by atoms with Gasteiger partial charge in [-0.15, -0.1) is 0 Å². The summed E-state index contributed by atoms with van der Waals surface area (Å²) in [5.74, 6) is 0. The van der Waals surface area contributed by atoms with Crippen molar-refractivity contribution in [1.82, 2.24) is 0 Å². The van der Waals surface area contributed by atoms with Crippen molar-refractivity contribution in [2.24, 2.45) is 0 Å². The third-order valence-corrected chi connectivity index (χ3v) is 3.28. The summed E-state index contributed by atoms with van der Waals surface area (Å²) in [5.41, 5.74) is 2.73. The van der Waals surface area contributed by atoms with Gasteiger partial charge in [0, 0.05) is 29.8 Å². The molecule has 1 aliphatic heterocycles. The zero-order valence-corrected chi connectivity index (χ0v) is 7.88. The molecule has 1 aromatic carbocycles. The number of ether oxygens (including phenoxy) is 1. The molecule has 1 heterocycles. The highest BCUT2D eigenvalue weighted by Gasteiger charge is 2.42. The van der Waals surface area contributed by atoms with Gasteiger partial charge in [-0.1, -0.05) is 6.07 Å². The fourth-order valence-electron chi connectivity index (χ4n) is 2.02. The Hall–Kier alpha value is -0.510. The Morgan fingerprint density at radius 3 is 2.77 bits per heavy atom. The molecule has 0 radical (unpaired) electrons. The monoisotopic (exact) mass is 194 g/mol. The molecule has 1 saturated heterocycles. The molecule has 0 saturated carbocycles. The van der Waals surface area contributed by atoms with Gasteiger partial charge < -0.3 is 9.29 Å². The van der Waals surface area contributed by atoms with Crippen LogP contribution in [0.5, 0.6) is 0 Å². The molecule has 1 aromatic rings. The Balaban J connectivity index is 2.00. The van der Waals surface area contributed by atoms with Crippen LogP contribution in [-0.2, 0) is 17.6 Å². The van der Waals surface area contributed by atoms with E-state index in [1.807, 2.05) is 6.07 Å². The van der Waals surface area contributed by atoms with E-state index in [0.29, 0.717) is 12.2 Å². The molecule has 1 aliphatic carbocycles. The molecule has 0 aromatic heterocycles. The molecule has 1 N–H and O–H groups in total. The lowest BCUT2D eigenvalue weighted by Crippen LogP contribution is -2.11. The number of hydrogen-bond donors (Lipinski definition) is 1. The van der Waals surface area contributed by atoms with Crippen LogP contribution in [0.1, 0.15) is 11.1 Å². The van der Waals surface area contributed by atoms with Crippen molar-refractivity contribution < 1.29 is 9.29 Å². The molecule has 0 bridgehead atoms. The zero-order valence-electron chi connectivity index (χ0n) is 7.06. The van der Waals surface area contributed by atoms with Crippen molar-refractivity contribution in [3.8, 4) is 0 Å². The minimum atomic E-state index is 0.464. The second kappa shape index (κ2) is 2.74. The fourth-order valence-corrected chi connectivity index (χ4v) is 2.34. The molecule has 2 atom stereocenters. The Kier molecular flexibility index (Phi) is 1.65. The second-order valence-electron chi connectivity index (χ2n) is 3.64. The van der Waals surface area contributed by atoms with Crippen LogP contribution < -0.4 is 0 Å². The summed E-state index contributed by atoms with van der Waals surface area (Å²) in [6.45, 7) is 0. The van der Waals surface area contributed by atoms with Crippen LogP contribution in [0.2, 0.25) is 0 Å². The van der Waals surface area contributed by atoms with E-state index in [4.69, 9.17) is 9.29 Å². The highest BCUT2D eigenvalue weighted by molar-refractivity contribution is 7.93. The smallest absolute Gasteiger partial charge is 0.0885 e. The van der Waals surface area contributed by atoms with Gasteiger partial charge >= 0.3 is 0 Å². The molecular weight excluding hydrogens is 184 g/mol. The summed E-state index contributed by atoms with van der Waals surface area (Å²) < 4.78 is 14.4. The van der Waals surface area contributed by atoms with Gasteiger partial charge in [0.1, 0.15) is 0 Å². The van der Waals surface area contributed by atoms with E-state index in [9.17, 15) is 0 Å². The maximum absolute atomic E-state index is 8.90. The maximum Gasteiger partial charge on any atom is 0.0885 e. The number of benzene rings is 1. The minimum Gasteiger partial charge on any atom is -0.369 e. The predicted octanol–water partition coefficient (Wildman–Crippen LogP) is 2.12. The maximum atomic E-state index is 8.90. The molecule has 2 nitrogen and oxygen atoms in total. The van der Waals surface area contributed by atoms with E-state index in [-0.39, 0.29) is 0 Å². The van der Waals surface area contributed by atoms with Gasteiger partial charge in [0.05, 0.1) is 12.2 Å². The Morgan fingerprint density at radius 2 is 2.00 bits per heavy atom. The van der Waals surface area contributed by atoms with E-state index in [1.54, 1.807) is 0 Å². The van der Waals surface area contributed by atoms with Crippen LogP contribution in [0.15, 0.2) is 23.1 Å². The highest BCUT2D eigenvalue weighted by Crippen LogP contribution is 2.36. The van der Waals surface area contributed by atoms with Crippen molar-refractivity contribution in [3.63, 3.8) is 0 Å². The second-order valence-corrected chi connectivity index (χ2v) is 4.30. The standard InChI is InChI=1S/C10H10O2S/c11-13-8-2-1-6-4-9-10(12-9)5-7(6)3-8/h1-3,9-11H,4-5H2. The van der Waals surface area contributed by atoms with Crippen LogP contribution in [0.4, 0.5) is 0 Å². The number of epoxide rings is 1. The molecule has 68 valence electrons. The van der Waals surface area contributed by atoms with Gasteiger partial charge in [-0.3, -0.25) is 0 Å². The number of rotatable bonds is 1. The molecule has 3 heteroatoms. The number of fused-ring (bicyclic) bond motifs is 2. The first kappa shape index (κ1) is 7.85. The third kappa shape index (κ3) is 1.27. The fraction of sp³-hybridized carbons (Fsp3) is 0.400. The van der Waals surface area contributed by atoms with E-state index in [2.05, 4.69) is 12.1 Å². The average molecular weight is 194 g/mol. The van der Waals surface area contributed by atoms with Crippen molar-refractivity contribution in [3.05, 3.63) is 29.3 Å². The van der Waals surface area contributed by atoms with Crippen LogP contribution in [0.3, 0.4) is 0 Å². The van der Waals surface area contributed by atoms with Crippen molar-refractivity contribution >= 4 is 12.0 Å². The molecule has 2 unspecified atom stereocenters. The van der Waals surface area contributed by atoms with Gasteiger partial charge in [0.15, 0.2) is 0 Å². The average Bonchev–Trinajstić information content (AvgIpc) is 2.91. The largest absolute Gasteiger partial charge is 0.369 e. The zero-order chi connectivity index (χ0) is 8.84. The normalized spacial score (nSPS) is 29.3. The predicted molar refractivity (Wildman–Crippen MR) is 51.0 cm³/mol. The first-order valence-corrected chi connectivity index (χ1v) is 5.23. The van der Waals surface area contributed by atoms with Gasteiger partial charge in [-0.05, 0) is 23.3 Å². The summed E-state index contributed by atoms with van der Waals surface area (Å²) >= 11 is 0.816. The Labute approximate surface area is 81.1 Å². The lowest BCUT2D eigenvalue weighted by molar-refractivity contribution is 0.375. The molecule has 0 amide bonds. The molecule has 1 fully saturated rings. The lowest BCUT2D eigenvalue weighted by Gasteiger charge is -2.12. The van der Waals surface area contributed by atoms with E-state index in [0.717, 1.165) is 29.8 Å².